The van der Waals surface area contributed by atoms with Gasteiger partial charge in [0.05, 0.1) is 0 Å². The first-order valence-corrected chi connectivity index (χ1v) is 9.87. The summed E-state index contributed by atoms with van der Waals surface area (Å²) in [7, 11) is 2.19. The monoisotopic (exact) mass is 489 g/mol. The number of aromatic nitrogens is 2. The molecule has 1 saturated heterocycles. The molecule has 7 nitrogen and oxygen atoms in total. The highest BCUT2D eigenvalue weighted by molar-refractivity contribution is 14.0. The Morgan fingerprint density at radius 3 is 2.44 bits per heavy atom. The van der Waals surface area contributed by atoms with Gasteiger partial charge in [0, 0.05) is 57.7 Å². The Labute approximate surface area is 181 Å². The largest absolute Gasteiger partial charge is 0.357 e. The van der Waals surface area contributed by atoms with E-state index in [-0.39, 0.29) is 24.0 Å². The molecular weight excluding hydrogens is 453 g/mol. The lowest BCUT2D eigenvalue weighted by Gasteiger charge is -2.36. The minimum Gasteiger partial charge on any atom is -0.357 e. The predicted molar refractivity (Wildman–Crippen MR) is 124 cm³/mol. The number of rotatable bonds is 8. The van der Waals surface area contributed by atoms with Gasteiger partial charge >= 0.3 is 0 Å². The van der Waals surface area contributed by atoms with E-state index in [1.807, 2.05) is 6.07 Å². The van der Waals surface area contributed by atoms with Crippen LogP contribution in [0.3, 0.4) is 0 Å². The standard InChI is InChI=1S/C19H35N7.HI/c1-5-20-18(21-9-6-7-12-24(4)17(2)3)25-13-15-26(16-14-25)19-22-10-8-11-23-19;/h8,10-11,17H,5-7,9,12-16H2,1-4H3,(H,20,21);1H. The van der Waals surface area contributed by atoms with Crippen molar-refractivity contribution in [3.8, 4) is 0 Å². The van der Waals surface area contributed by atoms with Gasteiger partial charge in [0.1, 0.15) is 0 Å². The molecule has 154 valence electrons. The molecule has 1 fully saturated rings. The van der Waals surface area contributed by atoms with Crippen molar-refractivity contribution in [2.45, 2.75) is 39.7 Å². The molecule has 27 heavy (non-hydrogen) atoms. The Hall–Kier alpha value is -1.16. The van der Waals surface area contributed by atoms with Crippen LogP contribution >= 0.6 is 24.0 Å². The minimum atomic E-state index is 0. The summed E-state index contributed by atoms with van der Waals surface area (Å²) in [5.74, 6) is 1.86. The first-order valence-electron chi connectivity index (χ1n) is 9.87. The number of nitrogens with one attached hydrogen (secondary N) is 1. The summed E-state index contributed by atoms with van der Waals surface area (Å²) >= 11 is 0. The van der Waals surface area contributed by atoms with Crippen molar-refractivity contribution in [1.29, 1.82) is 0 Å². The van der Waals surface area contributed by atoms with Crippen molar-refractivity contribution >= 4 is 35.9 Å². The molecule has 0 bridgehead atoms. The van der Waals surface area contributed by atoms with Crippen LogP contribution in [0.5, 0.6) is 0 Å². The number of unbranched alkanes of at least 4 members (excludes halogenated alkanes) is 1. The second kappa shape index (κ2) is 13.1. The molecule has 1 N–H and O–H groups in total. The van der Waals surface area contributed by atoms with Gasteiger partial charge in [0.2, 0.25) is 5.95 Å². The average molecular weight is 489 g/mol. The minimum absolute atomic E-state index is 0. The van der Waals surface area contributed by atoms with E-state index in [4.69, 9.17) is 4.99 Å². The third-order valence-corrected chi connectivity index (χ3v) is 4.81. The van der Waals surface area contributed by atoms with E-state index in [2.05, 4.69) is 57.8 Å². The van der Waals surface area contributed by atoms with E-state index in [9.17, 15) is 0 Å². The van der Waals surface area contributed by atoms with Gasteiger partial charge < -0.3 is 20.0 Å². The van der Waals surface area contributed by atoms with Gasteiger partial charge in [-0.15, -0.1) is 24.0 Å². The summed E-state index contributed by atoms with van der Waals surface area (Å²) in [6.45, 7) is 13.3. The fraction of sp³-hybridized carbons (Fsp3) is 0.737. The van der Waals surface area contributed by atoms with Crippen LogP contribution in [0.4, 0.5) is 5.95 Å². The average Bonchev–Trinajstić information content (AvgIpc) is 2.67. The van der Waals surface area contributed by atoms with Gasteiger partial charge in [-0.3, -0.25) is 4.99 Å². The molecule has 8 heteroatoms. The topological polar surface area (TPSA) is 59.9 Å². The fourth-order valence-corrected chi connectivity index (χ4v) is 2.91. The molecule has 0 atom stereocenters. The Bertz CT molecular complexity index is 530. The molecular formula is C19H36IN7. The summed E-state index contributed by atoms with van der Waals surface area (Å²) in [6.07, 6.45) is 5.92. The molecule has 0 radical (unpaired) electrons. The normalized spacial score (nSPS) is 15.3. The predicted octanol–water partition coefficient (Wildman–Crippen LogP) is 2.30. The third kappa shape index (κ3) is 8.16. The molecule has 2 rings (SSSR count). The Morgan fingerprint density at radius 2 is 1.85 bits per heavy atom. The quantitative estimate of drug-likeness (QED) is 0.262. The molecule has 0 aromatic carbocycles. The number of anilines is 1. The zero-order valence-electron chi connectivity index (χ0n) is 17.3. The van der Waals surface area contributed by atoms with E-state index in [1.165, 1.54) is 6.42 Å². The number of aliphatic imine (C=N–C) groups is 1. The number of piperazine rings is 1. The summed E-state index contributed by atoms with van der Waals surface area (Å²) in [6, 6.07) is 2.47. The first-order chi connectivity index (χ1) is 12.6. The van der Waals surface area contributed by atoms with Crippen LogP contribution in [0.1, 0.15) is 33.6 Å². The van der Waals surface area contributed by atoms with Crippen LogP contribution in [0, 0.1) is 0 Å². The van der Waals surface area contributed by atoms with E-state index in [1.54, 1.807) is 12.4 Å². The lowest BCUT2D eigenvalue weighted by molar-refractivity contribution is 0.269. The molecule has 1 aromatic heterocycles. The summed E-state index contributed by atoms with van der Waals surface area (Å²) in [4.78, 5) is 20.5. The second-order valence-electron chi connectivity index (χ2n) is 7.04. The van der Waals surface area contributed by atoms with E-state index >= 15 is 0 Å². The highest BCUT2D eigenvalue weighted by Crippen LogP contribution is 2.10. The number of guanidine groups is 1. The van der Waals surface area contributed by atoms with Crippen molar-refractivity contribution < 1.29 is 0 Å². The fourth-order valence-electron chi connectivity index (χ4n) is 2.91. The Kier molecular flexibility index (Phi) is 11.6. The van der Waals surface area contributed by atoms with Gasteiger partial charge in [-0.05, 0) is 53.3 Å². The van der Waals surface area contributed by atoms with Crippen LogP contribution in [0.25, 0.3) is 0 Å². The van der Waals surface area contributed by atoms with Crippen molar-refractivity contribution in [3.05, 3.63) is 18.5 Å². The highest BCUT2D eigenvalue weighted by Gasteiger charge is 2.20. The van der Waals surface area contributed by atoms with Crippen molar-refractivity contribution in [1.82, 2.24) is 25.1 Å². The smallest absolute Gasteiger partial charge is 0.225 e. The van der Waals surface area contributed by atoms with E-state index in [0.717, 1.165) is 64.1 Å². The number of hydrogen-bond acceptors (Lipinski definition) is 5. The van der Waals surface area contributed by atoms with Crippen molar-refractivity contribution in [2.75, 3.05) is 57.8 Å². The van der Waals surface area contributed by atoms with E-state index in [0.29, 0.717) is 6.04 Å². The molecule has 0 spiro atoms. The van der Waals surface area contributed by atoms with Crippen molar-refractivity contribution in [2.24, 2.45) is 4.99 Å². The van der Waals surface area contributed by atoms with Crippen molar-refractivity contribution in [3.63, 3.8) is 0 Å². The van der Waals surface area contributed by atoms with Gasteiger partial charge in [-0.25, -0.2) is 9.97 Å². The summed E-state index contributed by atoms with van der Waals surface area (Å²) in [5.41, 5.74) is 0. The van der Waals surface area contributed by atoms with Gasteiger partial charge in [0.25, 0.3) is 0 Å². The van der Waals surface area contributed by atoms with Crippen LogP contribution < -0.4 is 10.2 Å². The Morgan fingerprint density at radius 1 is 1.19 bits per heavy atom. The third-order valence-electron chi connectivity index (χ3n) is 4.81. The van der Waals surface area contributed by atoms with Gasteiger partial charge in [-0.1, -0.05) is 0 Å². The zero-order valence-corrected chi connectivity index (χ0v) is 19.6. The molecule has 0 aliphatic carbocycles. The maximum absolute atomic E-state index is 4.84. The number of nitrogens with zero attached hydrogens (tertiary/aromatic N) is 6. The first kappa shape index (κ1) is 23.9. The van der Waals surface area contributed by atoms with Gasteiger partial charge in [0.15, 0.2) is 5.96 Å². The lowest BCUT2D eigenvalue weighted by Crippen LogP contribution is -2.53. The van der Waals surface area contributed by atoms with Crippen LogP contribution in [0.2, 0.25) is 0 Å². The molecule has 1 aliphatic rings. The SMILES string of the molecule is CCNC(=NCCCCN(C)C(C)C)N1CCN(c2ncccn2)CC1.I. The van der Waals surface area contributed by atoms with Crippen LogP contribution in [-0.4, -0.2) is 84.6 Å². The molecule has 0 unspecified atom stereocenters. The van der Waals surface area contributed by atoms with E-state index < -0.39 is 0 Å². The van der Waals surface area contributed by atoms with Crippen LogP contribution in [0.15, 0.2) is 23.5 Å². The molecule has 1 aliphatic heterocycles. The number of hydrogen-bond donors (Lipinski definition) is 1. The maximum Gasteiger partial charge on any atom is 0.225 e. The molecule has 0 saturated carbocycles. The lowest BCUT2D eigenvalue weighted by atomic mass is 10.2. The number of halogens is 1. The molecule has 0 amide bonds. The summed E-state index contributed by atoms with van der Waals surface area (Å²) < 4.78 is 0. The highest BCUT2D eigenvalue weighted by atomic mass is 127. The zero-order chi connectivity index (χ0) is 18.8. The summed E-state index contributed by atoms with van der Waals surface area (Å²) in [5, 5.41) is 3.44. The molecule has 2 heterocycles. The van der Waals surface area contributed by atoms with Gasteiger partial charge in [-0.2, -0.15) is 0 Å². The Balaban J connectivity index is 0.00000364. The van der Waals surface area contributed by atoms with Crippen LogP contribution in [-0.2, 0) is 0 Å². The second-order valence-corrected chi connectivity index (χ2v) is 7.04. The maximum atomic E-state index is 4.84. The molecule has 1 aromatic rings.